The average Bonchev–Trinajstić information content (AvgIpc) is 3.10. The van der Waals surface area contributed by atoms with Gasteiger partial charge in [-0.25, -0.2) is 9.78 Å². The summed E-state index contributed by atoms with van der Waals surface area (Å²) in [7, 11) is 0. The van der Waals surface area contributed by atoms with Crippen molar-refractivity contribution >= 4 is 17.8 Å². The van der Waals surface area contributed by atoms with E-state index in [1.165, 1.54) is 0 Å². The van der Waals surface area contributed by atoms with E-state index < -0.39 is 11.6 Å². The second kappa shape index (κ2) is 8.61. The van der Waals surface area contributed by atoms with Gasteiger partial charge in [0, 0.05) is 43.8 Å². The monoisotopic (exact) mass is 436 g/mol. The van der Waals surface area contributed by atoms with E-state index >= 15 is 0 Å². The highest BCUT2D eigenvalue weighted by molar-refractivity contribution is 6.07. The lowest BCUT2D eigenvalue weighted by molar-refractivity contribution is -0.125. The standard InChI is InChI=1S/C24H28N4O4/c1-15(2)24(22(30)26-23(31)27-24)18-7-5-17(6-8-18)21(29)28-12-10-19(11-13-28)32-20-9-4-16(3)14-25-20/h4-9,14-15,19H,10-13H2,1-3H3,(H2,26,27,30,31)/t24-/m1/s1. The maximum atomic E-state index is 13.0. The summed E-state index contributed by atoms with van der Waals surface area (Å²) >= 11 is 0. The third kappa shape index (κ3) is 4.04. The van der Waals surface area contributed by atoms with E-state index in [4.69, 9.17) is 4.74 Å². The van der Waals surface area contributed by atoms with E-state index in [9.17, 15) is 14.4 Å². The molecule has 1 aromatic heterocycles. The Morgan fingerprint density at radius 2 is 1.81 bits per heavy atom. The maximum absolute atomic E-state index is 13.0. The number of hydrogen-bond acceptors (Lipinski definition) is 5. The van der Waals surface area contributed by atoms with E-state index in [2.05, 4.69) is 15.6 Å². The maximum Gasteiger partial charge on any atom is 0.322 e. The minimum absolute atomic E-state index is 0.0343. The fourth-order valence-corrected chi connectivity index (χ4v) is 4.34. The first-order chi connectivity index (χ1) is 15.3. The summed E-state index contributed by atoms with van der Waals surface area (Å²) in [6.45, 7) is 6.94. The number of pyridine rings is 1. The van der Waals surface area contributed by atoms with Crippen LogP contribution in [0.3, 0.4) is 0 Å². The van der Waals surface area contributed by atoms with E-state index in [1.807, 2.05) is 37.8 Å². The van der Waals surface area contributed by atoms with Crippen molar-refractivity contribution in [2.75, 3.05) is 13.1 Å². The molecule has 0 bridgehead atoms. The number of imide groups is 1. The molecule has 2 fully saturated rings. The average molecular weight is 437 g/mol. The first-order valence-electron chi connectivity index (χ1n) is 10.9. The number of urea groups is 1. The smallest absolute Gasteiger partial charge is 0.322 e. The van der Waals surface area contributed by atoms with Gasteiger partial charge in [-0.3, -0.25) is 14.9 Å². The number of nitrogens with zero attached hydrogens (tertiary/aromatic N) is 2. The highest BCUT2D eigenvalue weighted by atomic mass is 16.5. The number of likely N-dealkylation sites (tertiary alicyclic amines) is 1. The summed E-state index contributed by atoms with van der Waals surface area (Å²) in [6, 6.07) is 10.3. The Hall–Kier alpha value is -3.42. The number of hydrogen-bond donors (Lipinski definition) is 2. The van der Waals surface area contributed by atoms with Crippen LogP contribution < -0.4 is 15.4 Å². The highest BCUT2D eigenvalue weighted by Crippen LogP contribution is 2.33. The van der Waals surface area contributed by atoms with Gasteiger partial charge in [-0.15, -0.1) is 0 Å². The molecular formula is C24H28N4O4. The number of carbonyl (C=O) groups is 3. The molecule has 1 aromatic carbocycles. The predicted octanol–water partition coefficient (Wildman–Crippen LogP) is 2.76. The fourth-order valence-electron chi connectivity index (χ4n) is 4.34. The van der Waals surface area contributed by atoms with Crippen LogP contribution in [0.1, 0.15) is 48.2 Å². The van der Waals surface area contributed by atoms with Gasteiger partial charge in [-0.1, -0.05) is 32.0 Å². The van der Waals surface area contributed by atoms with Gasteiger partial charge in [-0.05, 0) is 36.1 Å². The van der Waals surface area contributed by atoms with E-state index in [1.54, 1.807) is 30.5 Å². The summed E-state index contributed by atoms with van der Waals surface area (Å²) in [5, 5.41) is 5.08. The Morgan fingerprint density at radius 3 is 2.34 bits per heavy atom. The van der Waals surface area contributed by atoms with Crippen LogP contribution >= 0.6 is 0 Å². The summed E-state index contributed by atoms with van der Waals surface area (Å²) < 4.78 is 5.95. The lowest BCUT2D eigenvalue weighted by atomic mass is 9.79. The van der Waals surface area contributed by atoms with Crippen LogP contribution in [0.5, 0.6) is 5.88 Å². The largest absolute Gasteiger partial charge is 0.474 e. The number of carbonyl (C=O) groups excluding carboxylic acids is 3. The zero-order valence-corrected chi connectivity index (χ0v) is 18.6. The number of piperidine rings is 1. The first-order valence-corrected chi connectivity index (χ1v) is 10.9. The molecule has 8 heteroatoms. The molecule has 2 N–H and O–H groups in total. The van der Waals surface area contributed by atoms with Crippen molar-refractivity contribution in [2.45, 2.75) is 45.3 Å². The molecule has 2 aromatic rings. The minimum atomic E-state index is -1.13. The van der Waals surface area contributed by atoms with Gasteiger partial charge >= 0.3 is 6.03 Å². The molecule has 4 rings (SSSR count). The zero-order valence-electron chi connectivity index (χ0n) is 18.6. The Bertz CT molecular complexity index is 1010. The molecule has 0 spiro atoms. The van der Waals surface area contributed by atoms with Crippen molar-refractivity contribution in [1.82, 2.24) is 20.5 Å². The predicted molar refractivity (Wildman–Crippen MR) is 118 cm³/mol. The Kier molecular flexibility index (Phi) is 5.86. The number of aromatic nitrogens is 1. The van der Waals surface area contributed by atoms with Gasteiger partial charge in [0.05, 0.1) is 0 Å². The Morgan fingerprint density at radius 1 is 1.12 bits per heavy atom. The topological polar surface area (TPSA) is 101 Å². The second-order valence-corrected chi connectivity index (χ2v) is 8.73. The SMILES string of the molecule is Cc1ccc(OC2CCN(C(=O)c3ccc([C@@]4(C(C)C)NC(=O)NC4=O)cc3)CC2)nc1. The number of rotatable bonds is 5. The molecule has 8 nitrogen and oxygen atoms in total. The van der Waals surface area contributed by atoms with Gasteiger partial charge in [0.1, 0.15) is 11.6 Å². The fraction of sp³-hybridized carbons (Fsp3) is 0.417. The van der Waals surface area contributed by atoms with Crippen LogP contribution in [0, 0.1) is 12.8 Å². The van der Waals surface area contributed by atoms with Crippen LogP contribution in [0.15, 0.2) is 42.6 Å². The summed E-state index contributed by atoms with van der Waals surface area (Å²) in [4.78, 5) is 43.4. The van der Waals surface area contributed by atoms with Crippen molar-refractivity contribution in [3.8, 4) is 5.88 Å². The first kappa shape index (κ1) is 21.8. The van der Waals surface area contributed by atoms with Crippen LogP contribution in [0.4, 0.5) is 4.79 Å². The quantitative estimate of drug-likeness (QED) is 0.702. The molecule has 0 aliphatic carbocycles. The normalized spacial score (nSPS) is 21.4. The van der Waals surface area contributed by atoms with Crippen LogP contribution in [0.25, 0.3) is 0 Å². The third-order valence-electron chi connectivity index (χ3n) is 6.25. The van der Waals surface area contributed by atoms with Crippen molar-refractivity contribution in [2.24, 2.45) is 5.92 Å². The Balaban J connectivity index is 1.40. The molecule has 3 heterocycles. The third-order valence-corrected chi connectivity index (χ3v) is 6.25. The van der Waals surface area contributed by atoms with E-state index in [-0.39, 0.29) is 23.8 Å². The minimum Gasteiger partial charge on any atom is -0.474 e. The number of aryl methyl sites for hydroxylation is 1. The summed E-state index contributed by atoms with van der Waals surface area (Å²) in [5.41, 5.74) is 1.17. The lowest BCUT2D eigenvalue weighted by Gasteiger charge is -2.32. The molecule has 4 amide bonds. The molecule has 2 saturated heterocycles. The van der Waals surface area contributed by atoms with Gasteiger partial charge in [0.2, 0.25) is 5.88 Å². The number of amides is 4. The van der Waals surface area contributed by atoms with Crippen molar-refractivity contribution in [3.63, 3.8) is 0 Å². The van der Waals surface area contributed by atoms with Crippen LogP contribution in [-0.4, -0.2) is 46.9 Å². The number of benzene rings is 1. The van der Waals surface area contributed by atoms with Crippen molar-refractivity contribution < 1.29 is 19.1 Å². The van der Waals surface area contributed by atoms with Gasteiger partial charge in [0.15, 0.2) is 0 Å². The molecule has 168 valence electrons. The summed E-state index contributed by atoms with van der Waals surface area (Å²) in [5.74, 6) is 0.0271. The zero-order chi connectivity index (χ0) is 22.9. The van der Waals surface area contributed by atoms with Crippen molar-refractivity contribution in [3.05, 3.63) is 59.3 Å². The molecule has 32 heavy (non-hydrogen) atoms. The van der Waals surface area contributed by atoms with Crippen molar-refractivity contribution in [1.29, 1.82) is 0 Å². The molecular weight excluding hydrogens is 408 g/mol. The van der Waals surface area contributed by atoms with Gasteiger partial charge in [-0.2, -0.15) is 0 Å². The molecule has 0 saturated carbocycles. The highest BCUT2D eigenvalue weighted by Gasteiger charge is 2.50. The van der Waals surface area contributed by atoms with Gasteiger partial charge in [0.25, 0.3) is 11.8 Å². The molecule has 0 radical (unpaired) electrons. The van der Waals surface area contributed by atoms with Gasteiger partial charge < -0.3 is 15.0 Å². The summed E-state index contributed by atoms with van der Waals surface area (Å²) in [6.07, 6.45) is 3.29. The molecule has 2 aliphatic heterocycles. The molecule has 1 atom stereocenters. The number of ether oxygens (including phenoxy) is 1. The number of nitrogens with one attached hydrogen (secondary N) is 2. The second-order valence-electron chi connectivity index (χ2n) is 8.73. The Labute approximate surface area is 187 Å². The molecule has 0 unspecified atom stereocenters. The van der Waals surface area contributed by atoms with Crippen LogP contribution in [0.2, 0.25) is 0 Å². The van der Waals surface area contributed by atoms with Crippen LogP contribution in [-0.2, 0) is 10.3 Å². The van der Waals surface area contributed by atoms with E-state index in [0.717, 1.165) is 18.4 Å². The van der Waals surface area contributed by atoms with E-state index in [0.29, 0.717) is 30.1 Å². The lowest BCUT2D eigenvalue weighted by Crippen LogP contribution is -2.48. The molecule has 2 aliphatic rings.